The number of carbonyl (C=O) groups excluding carboxylic acids is 1. The van der Waals surface area contributed by atoms with Crippen LogP contribution in [-0.2, 0) is 4.79 Å². The SMILES string of the molecule is CCC(C)N(C)CC(=O)N1CCCC1. The largest absolute Gasteiger partial charge is 0.342 e. The predicted molar refractivity (Wildman–Crippen MR) is 58.2 cm³/mol. The highest BCUT2D eigenvalue weighted by Crippen LogP contribution is 2.08. The molecule has 1 atom stereocenters. The molecule has 3 nitrogen and oxygen atoms in total. The van der Waals surface area contributed by atoms with Crippen molar-refractivity contribution in [1.82, 2.24) is 9.80 Å². The van der Waals surface area contributed by atoms with Gasteiger partial charge in [0.25, 0.3) is 0 Å². The maximum atomic E-state index is 11.8. The van der Waals surface area contributed by atoms with Crippen molar-refractivity contribution in [2.75, 3.05) is 26.7 Å². The number of likely N-dealkylation sites (tertiary alicyclic amines) is 1. The van der Waals surface area contributed by atoms with Crippen molar-refractivity contribution >= 4 is 5.91 Å². The molecule has 0 N–H and O–H groups in total. The van der Waals surface area contributed by atoms with E-state index in [0.717, 1.165) is 19.5 Å². The van der Waals surface area contributed by atoms with Gasteiger partial charge in [-0.05, 0) is 33.2 Å². The Hall–Kier alpha value is -0.570. The summed E-state index contributed by atoms with van der Waals surface area (Å²) in [6, 6.07) is 0.501. The van der Waals surface area contributed by atoms with E-state index in [2.05, 4.69) is 18.7 Å². The molecule has 0 bridgehead atoms. The lowest BCUT2D eigenvalue weighted by Crippen LogP contribution is -2.40. The van der Waals surface area contributed by atoms with E-state index >= 15 is 0 Å². The molecule has 3 heteroatoms. The van der Waals surface area contributed by atoms with Crippen LogP contribution in [0.15, 0.2) is 0 Å². The number of carbonyl (C=O) groups is 1. The van der Waals surface area contributed by atoms with Gasteiger partial charge in [0.2, 0.25) is 5.91 Å². The molecular formula is C11H22N2O. The van der Waals surface area contributed by atoms with Crippen molar-refractivity contribution in [3.8, 4) is 0 Å². The van der Waals surface area contributed by atoms with Crippen LogP contribution < -0.4 is 0 Å². The fraction of sp³-hybridized carbons (Fsp3) is 0.909. The van der Waals surface area contributed by atoms with Gasteiger partial charge in [0.1, 0.15) is 0 Å². The molecule has 1 aliphatic rings. The molecule has 0 aliphatic carbocycles. The normalized spacial score (nSPS) is 19.0. The van der Waals surface area contributed by atoms with Gasteiger partial charge in [-0.3, -0.25) is 9.69 Å². The lowest BCUT2D eigenvalue weighted by molar-refractivity contribution is -0.131. The van der Waals surface area contributed by atoms with E-state index < -0.39 is 0 Å². The van der Waals surface area contributed by atoms with Crippen LogP contribution >= 0.6 is 0 Å². The lowest BCUT2D eigenvalue weighted by Gasteiger charge is -2.25. The zero-order valence-electron chi connectivity index (χ0n) is 9.62. The van der Waals surface area contributed by atoms with E-state index in [1.807, 2.05) is 11.9 Å². The third-order valence-electron chi connectivity index (χ3n) is 3.19. The summed E-state index contributed by atoms with van der Waals surface area (Å²) in [5, 5.41) is 0. The van der Waals surface area contributed by atoms with E-state index in [-0.39, 0.29) is 0 Å². The highest BCUT2D eigenvalue weighted by molar-refractivity contribution is 5.78. The first-order chi connectivity index (χ1) is 6.65. The fourth-order valence-electron chi connectivity index (χ4n) is 1.75. The fourth-order valence-corrected chi connectivity index (χ4v) is 1.75. The molecule has 0 spiro atoms. The van der Waals surface area contributed by atoms with Crippen LogP contribution in [0.4, 0.5) is 0 Å². The number of rotatable bonds is 4. The van der Waals surface area contributed by atoms with Crippen molar-refractivity contribution < 1.29 is 4.79 Å². The van der Waals surface area contributed by atoms with Gasteiger partial charge < -0.3 is 4.90 Å². The molecule has 14 heavy (non-hydrogen) atoms. The molecule has 0 aromatic carbocycles. The molecule has 1 heterocycles. The first-order valence-electron chi connectivity index (χ1n) is 5.63. The number of likely N-dealkylation sites (N-methyl/N-ethyl adjacent to an activating group) is 1. The minimum Gasteiger partial charge on any atom is -0.342 e. The summed E-state index contributed by atoms with van der Waals surface area (Å²) in [6.45, 7) is 6.83. The van der Waals surface area contributed by atoms with E-state index in [0.29, 0.717) is 18.5 Å². The molecule has 1 saturated heterocycles. The van der Waals surface area contributed by atoms with Crippen molar-refractivity contribution in [2.45, 2.75) is 39.2 Å². The summed E-state index contributed by atoms with van der Waals surface area (Å²) < 4.78 is 0. The Morgan fingerprint density at radius 2 is 2.00 bits per heavy atom. The Morgan fingerprint density at radius 3 is 2.50 bits per heavy atom. The number of amides is 1. The molecule has 82 valence electrons. The monoisotopic (exact) mass is 198 g/mol. The minimum atomic E-state index is 0.297. The smallest absolute Gasteiger partial charge is 0.236 e. The maximum absolute atomic E-state index is 11.8. The highest BCUT2D eigenvalue weighted by atomic mass is 16.2. The zero-order chi connectivity index (χ0) is 10.6. The molecule has 1 amide bonds. The highest BCUT2D eigenvalue weighted by Gasteiger charge is 2.20. The van der Waals surface area contributed by atoms with Gasteiger partial charge >= 0.3 is 0 Å². The number of hydrogen-bond donors (Lipinski definition) is 0. The van der Waals surface area contributed by atoms with Crippen molar-refractivity contribution in [2.24, 2.45) is 0 Å². The van der Waals surface area contributed by atoms with Crippen LogP contribution in [0.3, 0.4) is 0 Å². The van der Waals surface area contributed by atoms with Crippen LogP contribution in [0.25, 0.3) is 0 Å². The summed E-state index contributed by atoms with van der Waals surface area (Å²) in [5.41, 5.74) is 0. The second-order valence-electron chi connectivity index (χ2n) is 4.26. The van der Waals surface area contributed by atoms with Crippen LogP contribution in [-0.4, -0.2) is 48.4 Å². The van der Waals surface area contributed by atoms with E-state index in [1.165, 1.54) is 12.8 Å². The quantitative estimate of drug-likeness (QED) is 0.680. The van der Waals surface area contributed by atoms with Crippen molar-refractivity contribution in [3.05, 3.63) is 0 Å². The number of nitrogens with zero attached hydrogens (tertiary/aromatic N) is 2. The average Bonchev–Trinajstić information content (AvgIpc) is 2.69. The van der Waals surface area contributed by atoms with E-state index in [1.54, 1.807) is 0 Å². The van der Waals surface area contributed by atoms with E-state index in [4.69, 9.17) is 0 Å². The standard InChI is InChI=1S/C11H22N2O/c1-4-10(2)12(3)9-11(14)13-7-5-6-8-13/h10H,4-9H2,1-3H3. The van der Waals surface area contributed by atoms with Gasteiger partial charge in [0, 0.05) is 19.1 Å². The predicted octanol–water partition coefficient (Wildman–Crippen LogP) is 1.34. The van der Waals surface area contributed by atoms with Crippen LogP contribution in [0.5, 0.6) is 0 Å². The summed E-state index contributed by atoms with van der Waals surface area (Å²) in [5.74, 6) is 0.297. The Labute approximate surface area is 87.1 Å². The first kappa shape index (κ1) is 11.5. The summed E-state index contributed by atoms with van der Waals surface area (Å²) in [6.07, 6.45) is 3.46. The van der Waals surface area contributed by atoms with Crippen LogP contribution in [0.1, 0.15) is 33.1 Å². The summed E-state index contributed by atoms with van der Waals surface area (Å²) in [7, 11) is 2.03. The molecular weight excluding hydrogens is 176 g/mol. The molecule has 0 aromatic rings. The Morgan fingerprint density at radius 1 is 1.43 bits per heavy atom. The molecule has 0 aromatic heterocycles. The van der Waals surface area contributed by atoms with Gasteiger partial charge in [-0.1, -0.05) is 6.92 Å². The number of hydrogen-bond acceptors (Lipinski definition) is 2. The van der Waals surface area contributed by atoms with Crippen molar-refractivity contribution in [1.29, 1.82) is 0 Å². The van der Waals surface area contributed by atoms with Crippen LogP contribution in [0.2, 0.25) is 0 Å². The molecule has 1 aliphatic heterocycles. The zero-order valence-corrected chi connectivity index (χ0v) is 9.62. The second kappa shape index (κ2) is 5.35. The molecule has 0 saturated carbocycles. The van der Waals surface area contributed by atoms with E-state index in [9.17, 15) is 4.79 Å². The Balaban J connectivity index is 2.31. The second-order valence-corrected chi connectivity index (χ2v) is 4.26. The average molecular weight is 198 g/mol. The van der Waals surface area contributed by atoms with Crippen LogP contribution in [0, 0.1) is 0 Å². The van der Waals surface area contributed by atoms with Gasteiger partial charge in [-0.25, -0.2) is 0 Å². The van der Waals surface area contributed by atoms with Crippen molar-refractivity contribution in [3.63, 3.8) is 0 Å². The van der Waals surface area contributed by atoms with Gasteiger partial charge in [0.05, 0.1) is 6.54 Å². The molecule has 1 unspecified atom stereocenters. The third-order valence-corrected chi connectivity index (χ3v) is 3.19. The van der Waals surface area contributed by atoms with Gasteiger partial charge in [0.15, 0.2) is 0 Å². The summed E-state index contributed by atoms with van der Waals surface area (Å²) in [4.78, 5) is 15.9. The minimum absolute atomic E-state index is 0.297. The van der Waals surface area contributed by atoms with Gasteiger partial charge in [-0.2, -0.15) is 0 Å². The third kappa shape index (κ3) is 2.98. The molecule has 1 fully saturated rings. The first-order valence-corrected chi connectivity index (χ1v) is 5.63. The topological polar surface area (TPSA) is 23.6 Å². The maximum Gasteiger partial charge on any atom is 0.236 e. The lowest BCUT2D eigenvalue weighted by atomic mass is 10.2. The Kier molecular flexibility index (Phi) is 4.39. The Bertz CT molecular complexity index is 188. The molecule has 1 rings (SSSR count). The molecule has 0 radical (unpaired) electrons. The summed E-state index contributed by atoms with van der Waals surface area (Å²) >= 11 is 0. The van der Waals surface area contributed by atoms with Gasteiger partial charge in [-0.15, -0.1) is 0 Å².